The van der Waals surface area contributed by atoms with E-state index >= 15 is 0 Å². The SMILES string of the molecule is CC(C)c1cnc(CN2CC(n3cc(C#N)cn3)C2)o1. The Bertz CT molecular complexity index is 630. The Labute approximate surface area is 117 Å². The molecular formula is C14H17N5O. The van der Waals surface area contributed by atoms with Gasteiger partial charge in [-0.2, -0.15) is 10.4 Å². The fourth-order valence-corrected chi connectivity index (χ4v) is 2.29. The molecule has 2 aromatic rings. The van der Waals surface area contributed by atoms with Crippen LogP contribution in [0.1, 0.15) is 43.0 Å². The van der Waals surface area contributed by atoms with Gasteiger partial charge in [-0.15, -0.1) is 0 Å². The van der Waals surface area contributed by atoms with E-state index in [2.05, 4.69) is 34.9 Å². The molecule has 3 rings (SSSR count). The van der Waals surface area contributed by atoms with Gasteiger partial charge >= 0.3 is 0 Å². The van der Waals surface area contributed by atoms with Gasteiger partial charge in [-0.25, -0.2) is 4.98 Å². The molecule has 0 aliphatic carbocycles. The number of hydrogen-bond acceptors (Lipinski definition) is 5. The molecule has 0 saturated carbocycles. The predicted octanol–water partition coefficient (Wildman–Crippen LogP) is 1.92. The van der Waals surface area contributed by atoms with Gasteiger partial charge < -0.3 is 4.42 Å². The van der Waals surface area contributed by atoms with Crippen LogP contribution in [0.25, 0.3) is 0 Å². The van der Waals surface area contributed by atoms with Crippen LogP contribution in [0.4, 0.5) is 0 Å². The van der Waals surface area contributed by atoms with Crippen molar-refractivity contribution in [3.63, 3.8) is 0 Å². The van der Waals surface area contributed by atoms with Crippen LogP contribution >= 0.6 is 0 Å². The van der Waals surface area contributed by atoms with E-state index in [1.807, 2.05) is 10.9 Å². The van der Waals surface area contributed by atoms with Crippen molar-refractivity contribution >= 4 is 0 Å². The highest BCUT2D eigenvalue weighted by Gasteiger charge is 2.29. The lowest BCUT2D eigenvalue weighted by Gasteiger charge is -2.38. The zero-order valence-corrected chi connectivity index (χ0v) is 11.7. The molecule has 0 unspecified atom stereocenters. The van der Waals surface area contributed by atoms with Crippen LogP contribution in [0.3, 0.4) is 0 Å². The first-order chi connectivity index (χ1) is 9.65. The Balaban J connectivity index is 1.54. The standard InChI is InChI=1S/C14H17N5O/c1-10(2)13-5-16-14(20-13)9-18-7-12(8-18)19-6-11(3-15)4-17-19/h4-6,10,12H,7-9H2,1-2H3. The first kappa shape index (κ1) is 12.9. The third-order valence-corrected chi connectivity index (χ3v) is 3.54. The Hall–Kier alpha value is -2.13. The highest BCUT2D eigenvalue weighted by molar-refractivity contribution is 5.22. The lowest BCUT2D eigenvalue weighted by atomic mass is 10.1. The van der Waals surface area contributed by atoms with Crippen molar-refractivity contribution in [1.82, 2.24) is 19.7 Å². The topological polar surface area (TPSA) is 70.9 Å². The van der Waals surface area contributed by atoms with Crippen molar-refractivity contribution in [3.05, 3.63) is 35.8 Å². The van der Waals surface area contributed by atoms with Gasteiger partial charge in [0.05, 0.1) is 30.5 Å². The number of hydrogen-bond donors (Lipinski definition) is 0. The molecule has 0 atom stereocenters. The molecule has 104 valence electrons. The highest BCUT2D eigenvalue weighted by atomic mass is 16.4. The lowest BCUT2D eigenvalue weighted by molar-refractivity contribution is 0.0809. The molecular weight excluding hydrogens is 254 g/mol. The van der Waals surface area contributed by atoms with E-state index in [4.69, 9.17) is 9.68 Å². The van der Waals surface area contributed by atoms with Crippen LogP contribution in [-0.4, -0.2) is 32.8 Å². The zero-order valence-electron chi connectivity index (χ0n) is 11.7. The minimum absolute atomic E-state index is 0.344. The first-order valence-corrected chi connectivity index (χ1v) is 6.77. The van der Waals surface area contributed by atoms with Crippen LogP contribution in [0.2, 0.25) is 0 Å². The number of oxazole rings is 1. The average Bonchev–Trinajstić information content (AvgIpc) is 3.02. The molecule has 0 radical (unpaired) electrons. The number of nitrogens with zero attached hydrogens (tertiary/aromatic N) is 5. The molecule has 0 aromatic carbocycles. The van der Waals surface area contributed by atoms with Crippen LogP contribution < -0.4 is 0 Å². The maximum absolute atomic E-state index is 8.78. The molecule has 0 spiro atoms. The van der Waals surface area contributed by atoms with Crippen molar-refractivity contribution < 1.29 is 4.42 Å². The summed E-state index contributed by atoms with van der Waals surface area (Å²) < 4.78 is 7.56. The molecule has 0 amide bonds. The molecule has 1 saturated heterocycles. The van der Waals surface area contributed by atoms with Gasteiger partial charge in [0.25, 0.3) is 0 Å². The normalized spacial score (nSPS) is 16.3. The summed E-state index contributed by atoms with van der Waals surface area (Å²) in [5.74, 6) is 2.07. The van der Waals surface area contributed by atoms with Gasteiger partial charge in [0.1, 0.15) is 11.8 Å². The largest absolute Gasteiger partial charge is 0.444 e. The number of aromatic nitrogens is 3. The number of nitriles is 1. The Kier molecular flexibility index (Phi) is 3.28. The highest BCUT2D eigenvalue weighted by Crippen LogP contribution is 2.23. The van der Waals surface area contributed by atoms with E-state index < -0.39 is 0 Å². The van der Waals surface area contributed by atoms with Crippen molar-refractivity contribution in [2.75, 3.05) is 13.1 Å². The number of likely N-dealkylation sites (tertiary alicyclic amines) is 1. The second-order valence-electron chi connectivity index (χ2n) is 5.48. The van der Waals surface area contributed by atoms with E-state index in [1.165, 1.54) is 0 Å². The summed E-state index contributed by atoms with van der Waals surface area (Å²) in [6.45, 7) is 6.73. The van der Waals surface area contributed by atoms with Crippen molar-refractivity contribution in [1.29, 1.82) is 5.26 Å². The molecule has 1 aliphatic heterocycles. The zero-order chi connectivity index (χ0) is 14.1. The first-order valence-electron chi connectivity index (χ1n) is 6.77. The monoisotopic (exact) mass is 271 g/mol. The Morgan fingerprint density at radius 3 is 2.85 bits per heavy atom. The summed E-state index contributed by atoms with van der Waals surface area (Å²) in [7, 11) is 0. The third kappa shape index (κ3) is 2.45. The fraction of sp³-hybridized carbons (Fsp3) is 0.500. The second-order valence-corrected chi connectivity index (χ2v) is 5.48. The summed E-state index contributed by atoms with van der Waals surface area (Å²) in [5.41, 5.74) is 0.609. The summed E-state index contributed by atoms with van der Waals surface area (Å²) in [6.07, 6.45) is 5.21. The molecule has 1 aliphatic rings. The third-order valence-electron chi connectivity index (χ3n) is 3.54. The molecule has 2 aromatic heterocycles. The molecule has 0 bridgehead atoms. The molecule has 6 heteroatoms. The van der Waals surface area contributed by atoms with E-state index in [1.54, 1.807) is 12.4 Å². The van der Waals surface area contributed by atoms with Gasteiger partial charge in [0.15, 0.2) is 0 Å². The quantitative estimate of drug-likeness (QED) is 0.849. The van der Waals surface area contributed by atoms with Crippen molar-refractivity contribution in [3.8, 4) is 6.07 Å². The van der Waals surface area contributed by atoms with E-state index in [0.29, 0.717) is 17.5 Å². The maximum atomic E-state index is 8.78. The predicted molar refractivity (Wildman–Crippen MR) is 71.8 cm³/mol. The van der Waals surface area contributed by atoms with Crippen LogP contribution in [-0.2, 0) is 6.54 Å². The molecule has 6 nitrogen and oxygen atoms in total. The van der Waals surface area contributed by atoms with Crippen molar-refractivity contribution in [2.24, 2.45) is 0 Å². The summed E-state index contributed by atoms with van der Waals surface area (Å²) >= 11 is 0. The molecule has 20 heavy (non-hydrogen) atoms. The van der Waals surface area contributed by atoms with Gasteiger partial charge in [-0.3, -0.25) is 9.58 Å². The number of rotatable bonds is 4. The molecule has 3 heterocycles. The Morgan fingerprint density at radius 1 is 1.45 bits per heavy atom. The van der Waals surface area contributed by atoms with Gasteiger partial charge in [-0.05, 0) is 0 Å². The van der Waals surface area contributed by atoms with Gasteiger partial charge in [0, 0.05) is 25.2 Å². The minimum atomic E-state index is 0.344. The minimum Gasteiger partial charge on any atom is -0.444 e. The van der Waals surface area contributed by atoms with Crippen LogP contribution in [0, 0.1) is 11.3 Å². The summed E-state index contributed by atoms with van der Waals surface area (Å²) in [4.78, 5) is 6.56. The molecule has 0 N–H and O–H groups in total. The van der Waals surface area contributed by atoms with Crippen LogP contribution in [0.5, 0.6) is 0 Å². The van der Waals surface area contributed by atoms with Crippen molar-refractivity contribution in [2.45, 2.75) is 32.4 Å². The van der Waals surface area contributed by atoms with Gasteiger partial charge in [-0.1, -0.05) is 13.8 Å². The van der Waals surface area contributed by atoms with E-state index in [9.17, 15) is 0 Å². The fourth-order valence-electron chi connectivity index (χ4n) is 2.29. The second kappa shape index (κ2) is 5.10. The smallest absolute Gasteiger partial charge is 0.208 e. The van der Waals surface area contributed by atoms with Gasteiger partial charge in [0.2, 0.25) is 5.89 Å². The summed E-state index contributed by atoms with van der Waals surface area (Å²) in [5, 5.41) is 13.0. The molecule has 1 fully saturated rings. The van der Waals surface area contributed by atoms with Crippen LogP contribution in [0.15, 0.2) is 23.0 Å². The van der Waals surface area contributed by atoms with E-state index in [0.717, 1.165) is 31.3 Å². The Morgan fingerprint density at radius 2 is 2.25 bits per heavy atom. The van der Waals surface area contributed by atoms with E-state index in [-0.39, 0.29) is 0 Å². The lowest BCUT2D eigenvalue weighted by Crippen LogP contribution is -2.47. The maximum Gasteiger partial charge on any atom is 0.208 e. The summed E-state index contributed by atoms with van der Waals surface area (Å²) in [6, 6.07) is 2.44. The average molecular weight is 271 g/mol.